The predicted molar refractivity (Wildman–Crippen MR) is 111 cm³/mol. The van der Waals surface area contributed by atoms with Crippen LogP contribution in [0, 0.1) is 6.92 Å². The van der Waals surface area contributed by atoms with E-state index in [4.69, 9.17) is 5.14 Å². The molecule has 0 radical (unpaired) electrons. The first kappa shape index (κ1) is 18.3. The number of aromatic nitrogens is 3. The largest absolute Gasteiger partial charge is 0.324 e. The van der Waals surface area contributed by atoms with Crippen LogP contribution < -0.4 is 15.8 Å². The number of nitrogens with two attached hydrogens (primary N) is 1. The molecule has 0 saturated carbocycles. The maximum absolute atomic E-state index is 11.3. The molecule has 0 amide bonds. The first-order chi connectivity index (χ1) is 13.4. The van der Waals surface area contributed by atoms with Gasteiger partial charge in [-0.25, -0.2) is 23.5 Å². The van der Waals surface area contributed by atoms with Gasteiger partial charge in [-0.3, -0.25) is 0 Å². The first-order valence-corrected chi connectivity index (χ1v) is 10.6. The summed E-state index contributed by atoms with van der Waals surface area (Å²) in [6.07, 6.45) is 1.62. The van der Waals surface area contributed by atoms with Crippen molar-refractivity contribution in [3.8, 4) is 0 Å². The van der Waals surface area contributed by atoms with Gasteiger partial charge in [-0.05, 0) is 55.0 Å². The highest BCUT2D eigenvalue weighted by atomic mass is 32.2. The third kappa shape index (κ3) is 4.09. The number of sulfonamides is 1. The van der Waals surface area contributed by atoms with Crippen molar-refractivity contribution in [1.29, 1.82) is 0 Å². The zero-order valence-electron chi connectivity index (χ0n) is 14.7. The Bertz CT molecular complexity index is 1250. The molecule has 10 heteroatoms. The van der Waals surface area contributed by atoms with Crippen LogP contribution in [0.4, 0.5) is 22.6 Å². The summed E-state index contributed by atoms with van der Waals surface area (Å²) in [5.74, 6) is 0.958. The van der Waals surface area contributed by atoms with E-state index in [1.165, 1.54) is 17.7 Å². The van der Waals surface area contributed by atoms with Gasteiger partial charge in [0.1, 0.15) is 5.82 Å². The van der Waals surface area contributed by atoms with E-state index >= 15 is 0 Å². The molecule has 4 aromatic rings. The lowest BCUT2D eigenvalue weighted by molar-refractivity contribution is 0.598. The zero-order chi connectivity index (χ0) is 19.7. The van der Waals surface area contributed by atoms with Crippen LogP contribution in [0.2, 0.25) is 0 Å². The fourth-order valence-electron chi connectivity index (χ4n) is 2.54. The molecular formula is C18H16N6O2S2. The lowest BCUT2D eigenvalue weighted by Gasteiger charge is -2.07. The number of thiazole rings is 1. The highest BCUT2D eigenvalue weighted by Crippen LogP contribution is 2.28. The predicted octanol–water partition coefficient (Wildman–Crippen LogP) is 3.53. The Labute approximate surface area is 165 Å². The lowest BCUT2D eigenvalue weighted by Crippen LogP contribution is -2.11. The Morgan fingerprint density at radius 2 is 1.79 bits per heavy atom. The van der Waals surface area contributed by atoms with E-state index in [1.807, 2.05) is 19.1 Å². The number of nitrogens with one attached hydrogen (secondary N) is 2. The number of aryl methyl sites for hydroxylation is 1. The van der Waals surface area contributed by atoms with Gasteiger partial charge >= 0.3 is 0 Å². The van der Waals surface area contributed by atoms with Crippen LogP contribution in [0.25, 0.3) is 10.2 Å². The van der Waals surface area contributed by atoms with Crippen molar-refractivity contribution >= 4 is 54.2 Å². The smallest absolute Gasteiger partial charge is 0.238 e. The minimum absolute atomic E-state index is 0.0421. The molecule has 0 aliphatic heterocycles. The molecule has 0 fully saturated rings. The van der Waals surface area contributed by atoms with E-state index in [2.05, 4.69) is 31.7 Å². The number of fused-ring (bicyclic) bond motifs is 1. The van der Waals surface area contributed by atoms with Crippen LogP contribution in [0.15, 0.2) is 59.6 Å². The van der Waals surface area contributed by atoms with E-state index in [0.29, 0.717) is 17.5 Å². The Morgan fingerprint density at radius 1 is 1.00 bits per heavy atom. The summed E-state index contributed by atoms with van der Waals surface area (Å²) in [5, 5.41) is 12.1. The Hall–Kier alpha value is -3.08. The van der Waals surface area contributed by atoms with E-state index < -0.39 is 10.0 Å². The molecule has 2 aromatic heterocycles. The maximum atomic E-state index is 11.3. The first-order valence-electron chi connectivity index (χ1n) is 8.24. The summed E-state index contributed by atoms with van der Waals surface area (Å²) in [7, 11) is -3.72. The molecule has 0 atom stereocenters. The van der Waals surface area contributed by atoms with Crippen molar-refractivity contribution < 1.29 is 8.42 Å². The molecule has 0 aliphatic rings. The molecule has 0 saturated heterocycles. The summed E-state index contributed by atoms with van der Waals surface area (Å²) in [6.45, 7) is 2.05. The van der Waals surface area contributed by atoms with Gasteiger partial charge in [0.25, 0.3) is 0 Å². The minimum Gasteiger partial charge on any atom is -0.324 e. The number of benzene rings is 2. The number of hydrogen-bond acceptors (Lipinski definition) is 8. The van der Waals surface area contributed by atoms with Crippen LogP contribution >= 0.6 is 11.3 Å². The molecule has 2 aromatic carbocycles. The Morgan fingerprint density at radius 3 is 2.54 bits per heavy atom. The summed E-state index contributed by atoms with van der Waals surface area (Å²) in [4.78, 5) is 13.2. The van der Waals surface area contributed by atoms with Crippen molar-refractivity contribution in [2.45, 2.75) is 11.8 Å². The van der Waals surface area contributed by atoms with Gasteiger partial charge in [0.2, 0.25) is 16.0 Å². The van der Waals surface area contributed by atoms with E-state index in [0.717, 1.165) is 15.3 Å². The fraction of sp³-hybridized carbons (Fsp3) is 0.0556. The van der Waals surface area contributed by atoms with Crippen LogP contribution in [-0.4, -0.2) is 23.4 Å². The third-order valence-corrected chi connectivity index (χ3v) is 5.74. The number of anilines is 4. The van der Waals surface area contributed by atoms with Gasteiger partial charge in [-0.2, -0.15) is 4.98 Å². The van der Waals surface area contributed by atoms with E-state index in [1.54, 1.807) is 35.7 Å². The fourth-order valence-corrected chi connectivity index (χ4v) is 4.03. The quantitative estimate of drug-likeness (QED) is 0.458. The second-order valence-electron chi connectivity index (χ2n) is 6.08. The minimum atomic E-state index is -3.72. The SMILES string of the molecule is Cc1ccc2nc(Nc3ccnc(Nc4ccc(S(N)(=O)=O)cc4)n3)sc2c1. The average Bonchev–Trinajstić information content (AvgIpc) is 3.03. The second kappa shape index (κ2) is 7.15. The summed E-state index contributed by atoms with van der Waals surface area (Å²) < 4.78 is 23.7. The molecule has 2 heterocycles. The van der Waals surface area contributed by atoms with Gasteiger partial charge in [-0.15, -0.1) is 0 Å². The van der Waals surface area contributed by atoms with Crippen LogP contribution in [0.5, 0.6) is 0 Å². The monoisotopic (exact) mass is 412 g/mol. The maximum Gasteiger partial charge on any atom is 0.238 e. The third-order valence-electron chi connectivity index (χ3n) is 3.87. The standard InChI is InChI=1S/C18H16N6O2S2/c1-11-2-7-14-15(10-11)27-18(22-14)24-16-8-9-20-17(23-16)21-12-3-5-13(6-4-12)28(19,25)26/h2-10H,1H3,(H2,19,25,26)(H2,20,21,22,23,24). The van der Waals surface area contributed by atoms with Crippen molar-refractivity contribution in [3.05, 3.63) is 60.3 Å². The van der Waals surface area contributed by atoms with Crippen molar-refractivity contribution in [2.75, 3.05) is 10.6 Å². The second-order valence-corrected chi connectivity index (χ2v) is 8.67. The molecule has 28 heavy (non-hydrogen) atoms. The van der Waals surface area contributed by atoms with Gasteiger partial charge in [0.05, 0.1) is 15.1 Å². The van der Waals surface area contributed by atoms with Crippen molar-refractivity contribution in [1.82, 2.24) is 15.0 Å². The highest BCUT2D eigenvalue weighted by Gasteiger charge is 2.08. The van der Waals surface area contributed by atoms with Crippen molar-refractivity contribution in [2.24, 2.45) is 5.14 Å². The molecule has 0 spiro atoms. The van der Waals surface area contributed by atoms with Crippen LogP contribution in [0.1, 0.15) is 5.56 Å². The van der Waals surface area contributed by atoms with Crippen LogP contribution in [0.3, 0.4) is 0 Å². The highest BCUT2D eigenvalue weighted by molar-refractivity contribution is 7.89. The number of hydrogen-bond donors (Lipinski definition) is 3. The van der Waals surface area contributed by atoms with Crippen molar-refractivity contribution in [3.63, 3.8) is 0 Å². The number of rotatable bonds is 5. The molecule has 8 nitrogen and oxygen atoms in total. The van der Waals surface area contributed by atoms with E-state index in [9.17, 15) is 8.42 Å². The summed E-state index contributed by atoms with van der Waals surface area (Å²) in [5.41, 5.74) is 2.75. The molecular weight excluding hydrogens is 396 g/mol. The molecule has 0 aliphatic carbocycles. The topological polar surface area (TPSA) is 123 Å². The Kier molecular flexibility index (Phi) is 4.67. The molecule has 0 unspecified atom stereocenters. The summed E-state index contributed by atoms with van der Waals surface area (Å²) >= 11 is 1.55. The summed E-state index contributed by atoms with van der Waals surface area (Å²) in [6, 6.07) is 13.9. The molecule has 4 rings (SSSR count). The van der Waals surface area contributed by atoms with Gasteiger partial charge < -0.3 is 10.6 Å². The van der Waals surface area contributed by atoms with E-state index in [-0.39, 0.29) is 4.90 Å². The normalized spacial score (nSPS) is 11.5. The molecule has 4 N–H and O–H groups in total. The molecule has 142 valence electrons. The molecule has 0 bridgehead atoms. The van der Waals surface area contributed by atoms with Gasteiger partial charge in [-0.1, -0.05) is 17.4 Å². The number of nitrogens with zero attached hydrogens (tertiary/aromatic N) is 3. The van der Waals surface area contributed by atoms with Gasteiger partial charge in [0, 0.05) is 11.9 Å². The zero-order valence-corrected chi connectivity index (χ0v) is 16.4. The van der Waals surface area contributed by atoms with Gasteiger partial charge in [0.15, 0.2) is 5.13 Å². The number of primary sulfonamides is 1. The lowest BCUT2D eigenvalue weighted by atomic mass is 10.2. The Balaban J connectivity index is 1.52. The average molecular weight is 413 g/mol. The van der Waals surface area contributed by atoms with Crippen LogP contribution in [-0.2, 0) is 10.0 Å².